The van der Waals surface area contributed by atoms with E-state index in [2.05, 4.69) is 12.6 Å². The van der Waals surface area contributed by atoms with Crippen molar-refractivity contribution in [2.45, 2.75) is 11.3 Å². The van der Waals surface area contributed by atoms with Crippen LogP contribution in [0.5, 0.6) is 0 Å². The van der Waals surface area contributed by atoms with E-state index in [0.29, 0.717) is 4.90 Å². The molecular formula is C10H10ClF2NOS. The minimum Gasteiger partial charge on any atom is -0.336 e. The first-order valence-electron chi connectivity index (χ1n) is 4.44. The van der Waals surface area contributed by atoms with Crippen molar-refractivity contribution in [1.82, 2.24) is 4.90 Å². The molecule has 0 spiro atoms. The van der Waals surface area contributed by atoms with Crippen molar-refractivity contribution in [2.75, 3.05) is 13.6 Å². The van der Waals surface area contributed by atoms with E-state index in [1.54, 1.807) is 6.07 Å². The Morgan fingerprint density at radius 2 is 2.19 bits per heavy atom. The van der Waals surface area contributed by atoms with Crippen LogP contribution in [0.1, 0.15) is 10.4 Å². The first-order chi connectivity index (χ1) is 7.41. The maximum Gasteiger partial charge on any atom is 0.255 e. The van der Waals surface area contributed by atoms with Gasteiger partial charge in [0.15, 0.2) is 0 Å². The van der Waals surface area contributed by atoms with E-state index in [4.69, 9.17) is 11.6 Å². The summed E-state index contributed by atoms with van der Waals surface area (Å²) in [6, 6.07) is 4.58. The molecule has 1 aromatic carbocycles. The van der Waals surface area contributed by atoms with Gasteiger partial charge in [0.05, 0.1) is 17.1 Å². The van der Waals surface area contributed by atoms with Crippen molar-refractivity contribution in [2.24, 2.45) is 0 Å². The highest BCUT2D eigenvalue weighted by molar-refractivity contribution is 7.80. The number of hydrogen-bond donors (Lipinski definition) is 1. The van der Waals surface area contributed by atoms with Crippen LogP contribution in [0.3, 0.4) is 0 Å². The van der Waals surface area contributed by atoms with Gasteiger partial charge in [-0.25, -0.2) is 8.78 Å². The van der Waals surface area contributed by atoms with E-state index in [9.17, 15) is 13.6 Å². The maximum absolute atomic E-state index is 12.1. The lowest BCUT2D eigenvalue weighted by Crippen LogP contribution is -2.31. The molecule has 0 saturated carbocycles. The first kappa shape index (κ1) is 13.3. The predicted octanol–water partition coefficient (Wildman–Crippen LogP) is 2.97. The quantitative estimate of drug-likeness (QED) is 0.833. The summed E-state index contributed by atoms with van der Waals surface area (Å²) in [5.41, 5.74) is 0.178. The van der Waals surface area contributed by atoms with E-state index in [1.807, 2.05) is 0 Å². The summed E-state index contributed by atoms with van der Waals surface area (Å²) in [5, 5.41) is 0.226. The van der Waals surface area contributed by atoms with Crippen LogP contribution >= 0.6 is 24.2 Å². The van der Waals surface area contributed by atoms with Crippen LogP contribution in [0.2, 0.25) is 5.02 Å². The van der Waals surface area contributed by atoms with E-state index < -0.39 is 18.9 Å². The smallest absolute Gasteiger partial charge is 0.255 e. The summed E-state index contributed by atoms with van der Waals surface area (Å²) in [5.74, 6) is -0.541. The number of thiol groups is 1. The number of nitrogens with zero attached hydrogens (tertiary/aromatic N) is 1. The summed E-state index contributed by atoms with van der Waals surface area (Å²) in [6.07, 6.45) is -2.56. The average Bonchev–Trinajstić information content (AvgIpc) is 2.19. The van der Waals surface area contributed by atoms with Crippen molar-refractivity contribution < 1.29 is 13.6 Å². The molecule has 0 N–H and O–H groups in total. The fourth-order valence-electron chi connectivity index (χ4n) is 1.17. The lowest BCUT2D eigenvalue weighted by molar-refractivity contribution is 0.0620. The third-order valence-electron chi connectivity index (χ3n) is 1.94. The SMILES string of the molecule is CN(CC(F)F)C(=O)c1cc(S)ccc1Cl. The molecule has 1 aromatic rings. The number of halogens is 3. The molecule has 0 bridgehead atoms. The van der Waals surface area contributed by atoms with Crippen molar-refractivity contribution in [3.8, 4) is 0 Å². The summed E-state index contributed by atoms with van der Waals surface area (Å²) in [6.45, 7) is -0.619. The van der Waals surface area contributed by atoms with Crippen LogP contribution in [-0.4, -0.2) is 30.8 Å². The molecule has 88 valence electrons. The molecule has 0 saturated heterocycles. The second-order valence-electron chi connectivity index (χ2n) is 3.24. The number of amides is 1. The van der Waals surface area contributed by atoms with Crippen LogP contribution in [0.15, 0.2) is 23.1 Å². The highest BCUT2D eigenvalue weighted by Crippen LogP contribution is 2.21. The number of rotatable bonds is 3. The molecule has 0 aromatic heterocycles. The molecule has 1 rings (SSSR count). The molecule has 1 amide bonds. The Morgan fingerprint density at radius 3 is 2.75 bits per heavy atom. The molecule has 2 nitrogen and oxygen atoms in total. The Labute approximate surface area is 103 Å². The molecule has 0 aliphatic carbocycles. The molecule has 0 unspecified atom stereocenters. The van der Waals surface area contributed by atoms with Crippen LogP contribution < -0.4 is 0 Å². The van der Waals surface area contributed by atoms with Gasteiger partial charge in [-0.3, -0.25) is 4.79 Å². The molecule has 16 heavy (non-hydrogen) atoms. The summed E-state index contributed by atoms with van der Waals surface area (Å²) < 4.78 is 24.2. The van der Waals surface area contributed by atoms with Gasteiger partial charge in [-0.2, -0.15) is 0 Å². The van der Waals surface area contributed by atoms with E-state index >= 15 is 0 Å². The van der Waals surface area contributed by atoms with Crippen molar-refractivity contribution in [1.29, 1.82) is 0 Å². The van der Waals surface area contributed by atoms with Crippen molar-refractivity contribution in [3.05, 3.63) is 28.8 Å². The Balaban J connectivity index is 2.91. The van der Waals surface area contributed by atoms with E-state index in [-0.39, 0.29) is 10.6 Å². The van der Waals surface area contributed by atoms with Crippen LogP contribution in [0.4, 0.5) is 8.78 Å². The van der Waals surface area contributed by atoms with Gasteiger partial charge in [0.2, 0.25) is 0 Å². The largest absolute Gasteiger partial charge is 0.336 e. The first-order valence-corrected chi connectivity index (χ1v) is 5.26. The Morgan fingerprint density at radius 1 is 1.56 bits per heavy atom. The van der Waals surface area contributed by atoms with Gasteiger partial charge in [-0.1, -0.05) is 11.6 Å². The van der Waals surface area contributed by atoms with Gasteiger partial charge in [0.25, 0.3) is 12.3 Å². The zero-order chi connectivity index (χ0) is 12.3. The standard InChI is InChI=1S/C10H10ClF2NOS/c1-14(5-9(12)13)10(15)7-4-6(16)2-3-8(7)11/h2-4,9,16H,5H2,1H3. The molecule has 0 radical (unpaired) electrons. The van der Waals surface area contributed by atoms with Gasteiger partial charge < -0.3 is 4.90 Å². The van der Waals surface area contributed by atoms with Gasteiger partial charge in [0.1, 0.15) is 0 Å². The third-order valence-corrected chi connectivity index (χ3v) is 2.55. The van der Waals surface area contributed by atoms with Gasteiger partial charge in [-0.05, 0) is 18.2 Å². The fourth-order valence-corrected chi connectivity index (χ4v) is 1.57. The summed E-state index contributed by atoms with van der Waals surface area (Å²) in [4.78, 5) is 13.2. The summed E-state index contributed by atoms with van der Waals surface area (Å²) in [7, 11) is 1.30. The normalized spacial score (nSPS) is 10.6. The highest BCUT2D eigenvalue weighted by Gasteiger charge is 2.18. The minimum absolute atomic E-state index is 0.178. The second-order valence-corrected chi connectivity index (χ2v) is 4.16. The fraction of sp³-hybridized carbons (Fsp3) is 0.300. The molecule has 0 atom stereocenters. The molecule has 0 aliphatic heterocycles. The Hall–Kier alpha value is -0.810. The predicted molar refractivity (Wildman–Crippen MR) is 61.7 cm³/mol. The average molecular weight is 266 g/mol. The van der Waals surface area contributed by atoms with Crippen LogP contribution in [0.25, 0.3) is 0 Å². The minimum atomic E-state index is -2.56. The van der Waals surface area contributed by atoms with Gasteiger partial charge >= 0.3 is 0 Å². The van der Waals surface area contributed by atoms with Crippen LogP contribution in [0, 0.1) is 0 Å². The molecular weight excluding hydrogens is 256 g/mol. The highest BCUT2D eigenvalue weighted by atomic mass is 35.5. The Kier molecular flexibility index (Phi) is 4.56. The molecule has 6 heteroatoms. The number of alkyl halides is 2. The third kappa shape index (κ3) is 3.35. The zero-order valence-corrected chi connectivity index (χ0v) is 10.1. The molecule has 0 heterocycles. The van der Waals surface area contributed by atoms with Crippen molar-refractivity contribution >= 4 is 30.1 Å². The zero-order valence-electron chi connectivity index (χ0n) is 8.45. The summed E-state index contributed by atoms with van der Waals surface area (Å²) >= 11 is 9.86. The number of carbonyl (C=O) groups is 1. The molecule has 0 aliphatic rings. The number of carbonyl (C=O) groups excluding carboxylic acids is 1. The number of hydrogen-bond acceptors (Lipinski definition) is 2. The van der Waals surface area contributed by atoms with E-state index in [1.165, 1.54) is 19.2 Å². The lowest BCUT2D eigenvalue weighted by atomic mass is 10.2. The number of benzene rings is 1. The molecule has 0 fully saturated rings. The van der Waals surface area contributed by atoms with Gasteiger partial charge in [-0.15, -0.1) is 12.6 Å². The lowest BCUT2D eigenvalue weighted by Gasteiger charge is -2.17. The van der Waals surface area contributed by atoms with E-state index in [0.717, 1.165) is 4.90 Å². The monoisotopic (exact) mass is 265 g/mol. The van der Waals surface area contributed by atoms with Crippen molar-refractivity contribution in [3.63, 3.8) is 0 Å². The maximum atomic E-state index is 12.1. The Bertz CT molecular complexity index is 400. The van der Waals surface area contributed by atoms with Gasteiger partial charge in [0, 0.05) is 11.9 Å². The van der Waals surface area contributed by atoms with Crippen LogP contribution in [-0.2, 0) is 0 Å². The topological polar surface area (TPSA) is 20.3 Å². The second kappa shape index (κ2) is 5.50.